The summed E-state index contributed by atoms with van der Waals surface area (Å²) in [5.74, 6) is 0.376. The summed E-state index contributed by atoms with van der Waals surface area (Å²) in [6.07, 6.45) is 1.61. The molecule has 1 saturated heterocycles. The minimum atomic E-state index is -0.467. The van der Waals surface area contributed by atoms with E-state index in [9.17, 15) is 14.4 Å². The Morgan fingerprint density at radius 1 is 1.11 bits per heavy atom. The summed E-state index contributed by atoms with van der Waals surface area (Å²) >= 11 is 0.826. The normalized spacial score (nSPS) is 15.7. The van der Waals surface area contributed by atoms with Crippen LogP contribution >= 0.6 is 11.8 Å². The molecule has 152 valence electrons. The van der Waals surface area contributed by atoms with Gasteiger partial charge in [0, 0.05) is 12.1 Å². The van der Waals surface area contributed by atoms with Crippen molar-refractivity contribution in [3.8, 4) is 11.5 Å². The SMILES string of the molecule is COc1ccc(/C=C2\SC(=O)N(CC(=O)N(C(C)C)C(C)C)C2=O)cc1OC. The summed E-state index contributed by atoms with van der Waals surface area (Å²) in [7, 11) is 3.06. The van der Waals surface area contributed by atoms with E-state index < -0.39 is 11.1 Å². The van der Waals surface area contributed by atoms with Crippen LogP contribution in [-0.2, 0) is 9.59 Å². The summed E-state index contributed by atoms with van der Waals surface area (Å²) in [5, 5.41) is -0.447. The first-order chi connectivity index (χ1) is 13.2. The van der Waals surface area contributed by atoms with Crippen molar-refractivity contribution >= 4 is 34.9 Å². The van der Waals surface area contributed by atoms with Gasteiger partial charge in [-0.25, -0.2) is 0 Å². The van der Waals surface area contributed by atoms with Crippen LogP contribution in [0.4, 0.5) is 4.79 Å². The lowest BCUT2D eigenvalue weighted by atomic mass is 10.2. The van der Waals surface area contributed by atoms with Gasteiger partial charge in [-0.2, -0.15) is 0 Å². The van der Waals surface area contributed by atoms with Crippen LogP contribution in [0.1, 0.15) is 33.3 Å². The van der Waals surface area contributed by atoms with Crippen molar-refractivity contribution in [2.75, 3.05) is 20.8 Å². The second-order valence-corrected chi connectivity index (χ2v) is 7.86. The van der Waals surface area contributed by atoms with Crippen molar-refractivity contribution in [1.29, 1.82) is 0 Å². The zero-order valence-corrected chi connectivity index (χ0v) is 17.8. The molecule has 28 heavy (non-hydrogen) atoms. The van der Waals surface area contributed by atoms with Gasteiger partial charge in [0.25, 0.3) is 11.1 Å². The third-order valence-electron chi connectivity index (χ3n) is 4.27. The molecule has 0 aliphatic carbocycles. The third kappa shape index (κ3) is 4.67. The summed E-state index contributed by atoms with van der Waals surface area (Å²) in [6, 6.07) is 5.17. The minimum absolute atomic E-state index is 0.0188. The second-order valence-electron chi connectivity index (χ2n) is 6.87. The number of ether oxygens (including phenoxy) is 2. The molecular weight excluding hydrogens is 380 g/mol. The molecule has 1 fully saturated rings. The number of thioether (sulfide) groups is 1. The molecule has 8 heteroatoms. The van der Waals surface area contributed by atoms with E-state index in [-0.39, 0.29) is 29.4 Å². The highest BCUT2D eigenvalue weighted by molar-refractivity contribution is 8.18. The maximum atomic E-state index is 12.7. The maximum Gasteiger partial charge on any atom is 0.294 e. The maximum absolute atomic E-state index is 12.7. The summed E-state index contributed by atoms with van der Waals surface area (Å²) in [5.41, 5.74) is 0.695. The van der Waals surface area contributed by atoms with E-state index >= 15 is 0 Å². The van der Waals surface area contributed by atoms with Gasteiger partial charge < -0.3 is 14.4 Å². The predicted octanol–water partition coefficient (Wildman–Crippen LogP) is 3.39. The molecule has 1 aromatic carbocycles. The van der Waals surface area contributed by atoms with Gasteiger partial charge in [0.05, 0.1) is 19.1 Å². The van der Waals surface area contributed by atoms with Gasteiger partial charge in [-0.3, -0.25) is 19.3 Å². The number of hydrogen-bond donors (Lipinski definition) is 0. The first kappa shape index (κ1) is 21.8. The Labute approximate surface area is 169 Å². The summed E-state index contributed by atoms with van der Waals surface area (Å²) < 4.78 is 10.5. The number of benzene rings is 1. The lowest BCUT2D eigenvalue weighted by Crippen LogP contribution is -2.48. The van der Waals surface area contributed by atoms with Crippen molar-refractivity contribution in [3.05, 3.63) is 28.7 Å². The molecular formula is C20H26N2O5S. The quantitative estimate of drug-likeness (QED) is 0.646. The molecule has 1 heterocycles. The number of hydrogen-bond acceptors (Lipinski definition) is 6. The van der Waals surface area contributed by atoms with E-state index in [1.807, 2.05) is 27.7 Å². The number of amides is 3. The van der Waals surface area contributed by atoms with Gasteiger partial charge in [0.15, 0.2) is 11.5 Å². The van der Waals surface area contributed by atoms with Crippen molar-refractivity contribution < 1.29 is 23.9 Å². The van der Waals surface area contributed by atoms with Gasteiger partial charge in [-0.1, -0.05) is 6.07 Å². The highest BCUT2D eigenvalue weighted by atomic mass is 32.2. The fourth-order valence-corrected chi connectivity index (χ4v) is 3.96. The number of imide groups is 1. The van der Waals surface area contributed by atoms with Crippen LogP contribution in [0.5, 0.6) is 11.5 Å². The predicted molar refractivity (Wildman–Crippen MR) is 109 cm³/mol. The molecule has 0 spiro atoms. The second kappa shape index (κ2) is 9.14. The Hall–Kier alpha value is -2.48. The average molecular weight is 407 g/mol. The Bertz CT molecular complexity index is 796. The van der Waals surface area contributed by atoms with Gasteiger partial charge in [0.2, 0.25) is 5.91 Å². The van der Waals surface area contributed by atoms with E-state index in [0.29, 0.717) is 17.1 Å². The molecule has 3 amide bonds. The number of carbonyl (C=O) groups excluding carboxylic acids is 3. The zero-order valence-electron chi connectivity index (χ0n) is 17.0. The molecule has 0 atom stereocenters. The summed E-state index contributed by atoms with van der Waals surface area (Å²) in [6.45, 7) is 7.36. The van der Waals surface area contributed by atoms with Crippen LogP contribution in [0.25, 0.3) is 6.08 Å². The molecule has 0 bridgehead atoms. The van der Waals surface area contributed by atoms with E-state index in [1.54, 1.807) is 29.2 Å². The van der Waals surface area contributed by atoms with Crippen LogP contribution < -0.4 is 9.47 Å². The number of rotatable bonds is 7. The van der Waals surface area contributed by atoms with E-state index in [4.69, 9.17) is 9.47 Å². The Morgan fingerprint density at radius 2 is 1.71 bits per heavy atom. The molecule has 1 aliphatic heterocycles. The molecule has 0 unspecified atom stereocenters. The smallest absolute Gasteiger partial charge is 0.294 e. The van der Waals surface area contributed by atoms with E-state index in [1.165, 1.54) is 14.2 Å². The Morgan fingerprint density at radius 3 is 2.25 bits per heavy atom. The number of nitrogens with zero attached hydrogens (tertiary/aromatic N) is 2. The van der Waals surface area contributed by atoms with Gasteiger partial charge >= 0.3 is 0 Å². The Balaban J connectivity index is 2.21. The number of methoxy groups -OCH3 is 2. The van der Waals surface area contributed by atoms with Crippen molar-refractivity contribution in [1.82, 2.24) is 9.80 Å². The summed E-state index contributed by atoms with van der Waals surface area (Å²) in [4.78, 5) is 40.6. The van der Waals surface area contributed by atoms with E-state index in [0.717, 1.165) is 16.7 Å². The molecule has 2 rings (SSSR count). The standard InChI is InChI=1S/C20H26N2O5S/c1-12(2)22(13(3)4)18(23)11-21-19(24)17(28-20(21)25)10-14-7-8-15(26-5)16(9-14)27-6/h7-10,12-13H,11H2,1-6H3/b17-10-. The van der Waals surface area contributed by atoms with Crippen molar-refractivity contribution in [2.24, 2.45) is 0 Å². The highest BCUT2D eigenvalue weighted by Gasteiger charge is 2.37. The molecule has 7 nitrogen and oxygen atoms in total. The molecule has 0 radical (unpaired) electrons. The number of carbonyl (C=O) groups is 3. The van der Waals surface area contributed by atoms with Crippen molar-refractivity contribution in [3.63, 3.8) is 0 Å². The molecule has 1 aromatic rings. The van der Waals surface area contributed by atoms with Gasteiger partial charge in [-0.15, -0.1) is 0 Å². The van der Waals surface area contributed by atoms with Gasteiger partial charge in [-0.05, 0) is 63.2 Å². The molecule has 0 saturated carbocycles. The average Bonchev–Trinajstić information content (AvgIpc) is 2.88. The fraction of sp³-hybridized carbons (Fsp3) is 0.450. The van der Waals surface area contributed by atoms with Crippen LogP contribution in [0.15, 0.2) is 23.1 Å². The molecule has 0 N–H and O–H groups in total. The largest absolute Gasteiger partial charge is 0.493 e. The van der Waals surface area contributed by atoms with Crippen LogP contribution in [0, 0.1) is 0 Å². The van der Waals surface area contributed by atoms with Crippen LogP contribution in [0.2, 0.25) is 0 Å². The van der Waals surface area contributed by atoms with Crippen LogP contribution in [-0.4, -0.2) is 59.7 Å². The Kier molecular flexibility index (Phi) is 7.12. The molecule has 0 aromatic heterocycles. The zero-order chi connectivity index (χ0) is 21.0. The van der Waals surface area contributed by atoms with Crippen molar-refractivity contribution in [2.45, 2.75) is 39.8 Å². The lowest BCUT2D eigenvalue weighted by Gasteiger charge is -2.31. The fourth-order valence-electron chi connectivity index (χ4n) is 3.12. The monoisotopic (exact) mass is 406 g/mol. The first-order valence-electron chi connectivity index (χ1n) is 8.98. The minimum Gasteiger partial charge on any atom is -0.493 e. The highest BCUT2D eigenvalue weighted by Crippen LogP contribution is 2.34. The first-order valence-corrected chi connectivity index (χ1v) is 9.79. The third-order valence-corrected chi connectivity index (χ3v) is 5.18. The van der Waals surface area contributed by atoms with Gasteiger partial charge in [0.1, 0.15) is 6.54 Å². The lowest BCUT2D eigenvalue weighted by molar-refractivity contribution is -0.138. The topological polar surface area (TPSA) is 76.2 Å². The van der Waals surface area contributed by atoms with Crippen LogP contribution in [0.3, 0.4) is 0 Å². The van der Waals surface area contributed by atoms with E-state index in [2.05, 4.69) is 0 Å². The molecule has 1 aliphatic rings.